The summed E-state index contributed by atoms with van der Waals surface area (Å²) in [7, 11) is 3.80. The van der Waals surface area contributed by atoms with Crippen LogP contribution in [0.5, 0.6) is 0 Å². The van der Waals surface area contributed by atoms with Gasteiger partial charge < -0.3 is 14.2 Å². The number of carbonyl (C=O) groups excluding carboxylic acids is 1. The lowest BCUT2D eigenvalue weighted by atomic mass is 9.97. The molecule has 1 aromatic heterocycles. The van der Waals surface area contributed by atoms with Gasteiger partial charge in [-0.1, -0.05) is 0 Å². The number of rotatable bonds is 5. The SMILES string of the molecule is Cc1cc2oc3c(c(=O)c2cc1C)C(c1ccc([N+](=O)[O-])cc1)N(CCN(C)C)C3=O. The third-order valence-electron chi connectivity index (χ3n) is 5.79. The standard InChI is InChI=1S/C23H23N3O5/c1-13-11-17-18(12-14(13)2)31-22-19(21(17)27)20(25(23(22)28)10-9-24(3)4)15-5-7-16(8-6-15)26(29)30/h5-8,11-12,20H,9-10H2,1-4H3. The number of amides is 1. The summed E-state index contributed by atoms with van der Waals surface area (Å²) in [4.78, 5) is 40.9. The molecule has 1 aliphatic heterocycles. The van der Waals surface area contributed by atoms with E-state index in [0.29, 0.717) is 29.6 Å². The molecule has 3 aromatic rings. The second kappa shape index (κ2) is 7.63. The van der Waals surface area contributed by atoms with Crippen molar-refractivity contribution in [1.82, 2.24) is 9.80 Å². The number of nitro groups is 1. The van der Waals surface area contributed by atoms with Gasteiger partial charge in [0.2, 0.25) is 5.76 Å². The van der Waals surface area contributed by atoms with Crippen LogP contribution in [0.3, 0.4) is 0 Å². The number of likely N-dealkylation sites (N-methyl/N-ethyl adjacent to an activating group) is 1. The van der Waals surface area contributed by atoms with Crippen LogP contribution >= 0.6 is 0 Å². The van der Waals surface area contributed by atoms with E-state index in [2.05, 4.69) is 0 Å². The Balaban J connectivity index is 1.93. The first-order valence-corrected chi connectivity index (χ1v) is 9.97. The Morgan fingerprint density at radius 3 is 2.35 bits per heavy atom. The highest BCUT2D eigenvalue weighted by atomic mass is 16.6. The monoisotopic (exact) mass is 421 g/mol. The first-order valence-electron chi connectivity index (χ1n) is 9.97. The fourth-order valence-corrected chi connectivity index (χ4v) is 3.94. The fourth-order valence-electron chi connectivity index (χ4n) is 3.94. The molecule has 0 aliphatic carbocycles. The average Bonchev–Trinajstić information content (AvgIpc) is 3.00. The maximum absolute atomic E-state index is 13.5. The van der Waals surface area contributed by atoms with Gasteiger partial charge in [0.05, 0.1) is 21.9 Å². The van der Waals surface area contributed by atoms with Gasteiger partial charge in [0, 0.05) is 25.2 Å². The number of non-ortho nitro benzene ring substituents is 1. The van der Waals surface area contributed by atoms with Crippen LogP contribution in [-0.4, -0.2) is 47.8 Å². The van der Waals surface area contributed by atoms with Crippen molar-refractivity contribution in [2.75, 3.05) is 27.2 Å². The summed E-state index contributed by atoms with van der Waals surface area (Å²) in [6.07, 6.45) is 0. The van der Waals surface area contributed by atoms with Crippen LogP contribution < -0.4 is 5.43 Å². The van der Waals surface area contributed by atoms with Gasteiger partial charge in [0.1, 0.15) is 5.58 Å². The molecule has 0 bridgehead atoms. The minimum atomic E-state index is -0.662. The maximum atomic E-state index is 13.5. The van der Waals surface area contributed by atoms with Gasteiger partial charge >= 0.3 is 0 Å². The molecule has 0 fully saturated rings. The smallest absolute Gasteiger partial charge is 0.290 e. The predicted octanol–water partition coefficient (Wildman–Crippen LogP) is 3.42. The Morgan fingerprint density at radius 1 is 1.10 bits per heavy atom. The summed E-state index contributed by atoms with van der Waals surface area (Å²) < 4.78 is 5.97. The minimum absolute atomic E-state index is 0.0443. The second-order valence-corrected chi connectivity index (χ2v) is 8.16. The van der Waals surface area contributed by atoms with Crippen LogP contribution in [-0.2, 0) is 0 Å². The van der Waals surface area contributed by atoms with Gasteiger partial charge in [0.15, 0.2) is 5.43 Å². The summed E-state index contributed by atoms with van der Waals surface area (Å²) in [6.45, 7) is 4.82. The second-order valence-electron chi connectivity index (χ2n) is 8.16. The Hall–Kier alpha value is -3.52. The number of aryl methyl sites for hydroxylation is 2. The van der Waals surface area contributed by atoms with Crippen molar-refractivity contribution in [3.05, 3.63) is 84.7 Å². The van der Waals surface area contributed by atoms with E-state index in [1.165, 1.54) is 12.1 Å². The molecule has 8 nitrogen and oxygen atoms in total. The topological polar surface area (TPSA) is 96.9 Å². The lowest BCUT2D eigenvalue weighted by Gasteiger charge is -2.26. The number of nitrogens with zero attached hydrogens (tertiary/aromatic N) is 3. The van der Waals surface area contributed by atoms with Crippen molar-refractivity contribution in [2.45, 2.75) is 19.9 Å². The minimum Gasteiger partial charge on any atom is -0.450 e. The number of fused-ring (bicyclic) bond motifs is 2. The molecule has 8 heteroatoms. The predicted molar refractivity (Wildman–Crippen MR) is 116 cm³/mol. The highest BCUT2D eigenvalue weighted by molar-refractivity contribution is 5.99. The molecule has 0 saturated heterocycles. The van der Waals surface area contributed by atoms with Gasteiger partial charge in [0.25, 0.3) is 11.6 Å². The normalized spacial score (nSPS) is 15.7. The molecule has 4 rings (SSSR count). The van der Waals surface area contributed by atoms with E-state index in [1.54, 1.807) is 29.2 Å². The molecule has 1 aliphatic rings. The Morgan fingerprint density at radius 2 is 1.74 bits per heavy atom. The third-order valence-corrected chi connectivity index (χ3v) is 5.79. The maximum Gasteiger partial charge on any atom is 0.290 e. The van der Waals surface area contributed by atoms with Crippen molar-refractivity contribution >= 4 is 22.6 Å². The van der Waals surface area contributed by atoms with E-state index in [4.69, 9.17) is 4.42 Å². The molecule has 0 saturated carbocycles. The summed E-state index contributed by atoms with van der Waals surface area (Å²) in [5.41, 5.74) is 2.93. The third kappa shape index (κ3) is 3.48. The molecular formula is C23H23N3O5. The summed E-state index contributed by atoms with van der Waals surface area (Å²) in [5, 5.41) is 11.5. The molecule has 31 heavy (non-hydrogen) atoms. The largest absolute Gasteiger partial charge is 0.450 e. The average molecular weight is 421 g/mol. The molecule has 0 spiro atoms. The molecule has 2 aromatic carbocycles. The number of nitro benzene ring substituents is 1. The van der Waals surface area contributed by atoms with Crippen LogP contribution in [0, 0.1) is 24.0 Å². The van der Waals surface area contributed by atoms with E-state index in [1.807, 2.05) is 32.8 Å². The first kappa shape index (κ1) is 20.7. The molecule has 1 amide bonds. The Labute approximate surface area is 178 Å². The van der Waals surface area contributed by atoms with Crippen LogP contribution in [0.2, 0.25) is 0 Å². The van der Waals surface area contributed by atoms with Crippen LogP contribution in [0.1, 0.15) is 38.9 Å². The van der Waals surface area contributed by atoms with Gasteiger partial charge in [-0.25, -0.2) is 0 Å². The van der Waals surface area contributed by atoms with Crippen molar-refractivity contribution in [2.24, 2.45) is 0 Å². The molecular weight excluding hydrogens is 398 g/mol. The van der Waals surface area contributed by atoms with Gasteiger partial charge in [-0.05, 0) is 68.9 Å². The number of hydrogen-bond acceptors (Lipinski definition) is 6. The Bertz CT molecular complexity index is 1260. The van der Waals surface area contributed by atoms with E-state index in [0.717, 1.165) is 11.1 Å². The number of hydrogen-bond donors (Lipinski definition) is 0. The molecule has 1 unspecified atom stereocenters. The van der Waals surface area contributed by atoms with E-state index >= 15 is 0 Å². The fraction of sp³-hybridized carbons (Fsp3) is 0.304. The van der Waals surface area contributed by atoms with Crippen LogP contribution in [0.15, 0.2) is 45.6 Å². The van der Waals surface area contributed by atoms with E-state index < -0.39 is 11.0 Å². The zero-order valence-corrected chi connectivity index (χ0v) is 17.8. The van der Waals surface area contributed by atoms with Gasteiger partial charge in [-0.2, -0.15) is 0 Å². The molecule has 160 valence electrons. The summed E-state index contributed by atoms with van der Waals surface area (Å²) >= 11 is 0. The first-order chi connectivity index (χ1) is 14.7. The summed E-state index contributed by atoms with van der Waals surface area (Å²) in [6, 6.07) is 8.87. The van der Waals surface area contributed by atoms with Gasteiger partial charge in [-0.15, -0.1) is 0 Å². The lowest BCUT2D eigenvalue weighted by Crippen LogP contribution is -2.35. The molecule has 1 atom stereocenters. The van der Waals surface area contributed by atoms with Crippen LogP contribution in [0.25, 0.3) is 11.0 Å². The van der Waals surface area contributed by atoms with Crippen molar-refractivity contribution < 1.29 is 14.1 Å². The molecule has 0 radical (unpaired) electrons. The summed E-state index contributed by atoms with van der Waals surface area (Å²) in [5.74, 6) is -0.305. The zero-order chi connectivity index (χ0) is 22.4. The van der Waals surface area contributed by atoms with Crippen molar-refractivity contribution in [1.29, 1.82) is 0 Å². The van der Waals surface area contributed by atoms with Gasteiger partial charge in [-0.3, -0.25) is 19.7 Å². The zero-order valence-electron chi connectivity index (χ0n) is 17.8. The van der Waals surface area contributed by atoms with Crippen LogP contribution in [0.4, 0.5) is 5.69 Å². The van der Waals surface area contributed by atoms with Crippen molar-refractivity contribution in [3.8, 4) is 0 Å². The quantitative estimate of drug-likeness (QED) is 0.463. The highest BCUT2D eigenvalue weighted by Crippen LogP contribution is 2.38. The Kier molecular flexibility index (Phi) is 5.10. The molecule has 2 heterocycles. The highest BCUT2D eigenvalue weighted by Gasteiger charge is 2.42. The van der Waals surface area contributed by atoms with E-state index in [-0.39, 0.29) is 28.3 Å². The van der Waals surface area contributed by atoms with E-state index in [9.17, 15) is 19.7 Å². The van der Waals surface area contributed by atoms with Crippen molar-refractivity contribution in [3.63, 3.8) is 0 Å². The molecule has 0 N–H and O–H groups in total. The number of carbonyl (C=O) groups is 1. The lowest BCUT2D eigenvalue weighted by molar-refractivity contribution is -0.384. The number of benzene rings is 2.